The van der Waals surface area contributed by atoms with Gasteiger partial charge in [0.05, 0.1) is 4.92 Å². The predicted octanol–water partition coefficient (Wildman–Crippen LogP) is 1.30. The van der Waals surface area contributed by atoms with E-state index in [1.807, 2.05) is 0 Å². The fraction of sp³-hybridized carbons (Fsp3) is 0.167. The molecule has 9 nitrogen and oxygen atoms in total. The summed E-state index contributed by atoms with van der Waals surface area (Å²) in [6.45, 7) is 2.14. The number of nitro groups is 1. The number of furan rings is 1. The van der Waals surface area contributed by atoms with Crippen molar-refractivity contribution in [2.45, 2.75) is 6.92 Å². The lowest BCUT2D eigenvalue weighted by Gasteiger charge is -2.05. The second kappa shape index (κ2) is 5.90. The van der Waals surface area contributed by atoms with E-state index in [1.165, 1.54) is 24.3 Å². The van der Waals surface area contributed by atoms with Gasteiger partial charge >= 0.3 is 11.9 Å². The van der Waals surface area contributed by atoms with E-state index in [0.29, 0.717) is 17.5 Å². The second-order valence-electron chi connectivity index (χ2n) is 4.03. The van der Waals surface area contributed by atoms with Crippen LogP contribution in [0.15, 0.2) is 28.7 Å². The summed E-state index contributed by atoms with van der Waals surface area (Å²) in [5.74, 6) is -0.734. The molecule has 0 unspecified atom stereocenters. The number of carbonyl (C=O) groups is 2. The number of nitrogens with zero attached hydrogens (tertiary/aromatic N) is 1. The van der Waals surface area contributed by atoms with Crippen LogP contribution in [-0.4, -0.2) is 23.4 Å². The number of urea groups is 1. The molecular formula is C12H12N4O5. The van der Waals surface area contributed by atoms with Gasteiger partial charge in [0.1, 0.15) is 5.58 Å². The number of nitrogens with one attached hydrogen (secondary N) is 3. The maximum Gasteiger partial charge on any atom is 0.333 e. The van der Waals surface area contributed by atoms with Gasteiger partial charge in [0.25, 0.3) is 5.69 Å². The molecule has 0 bridgehead atoms. The van der Waals surface area contributed by atoms with Gasteiger partial charge in [-0.3, -0.25) is 20.3 Å². The van der Waals surface area contributed by atoms with Crippen LogP contribution in [0.2, 0.25) is 0 Å². The molecule has 1 aromatic carbocycles. The summed E-state index contributed by atoms with van der Waals surface area (Å²) in [4.78, 5) is 33.0. The summed E-state index contributed by atoms with van der Waals surface area (Å²) < 4.78 is 5.25. The zero-order valence-corrected chi connectivity index (χ0v) is 11.0. The van der Waals surface area contributed by atoms with Gasteiger partial charge < -0.3 is 9.73 Å². The smallest absolute Gasteiger partial charge is 0.333 e. The highest BCUT2D eigenvalue weighted by atomic mass is 16.6. The second-order valence-corrected chi connectivity index (χ2v) is 4.03. The molecule has 0 saturated heterocycles. The summed E-state index contributed by atoms with van der Waals surface area (Å²) >= 11 is 0. The Morgan fingerprint density at radius 1 is 1.29 bits per heavy atom. The van der Waals surface area contributed by atoms with Gasteiger partial charge in [0.15, 0.2) is 5.76 Å². The summed E-state index contributed by atoms with van der Waals surface area (Å²) in [5.41, 5.74) is 4.53. The van der Waals surface area contributed by atoms with Crippen LogP contribution < -0.4 is 16.2 Å². The van der Waals surface area contributed by atoms with E-state index in [9.17, 15) is 19.7 Å². The molecule has 110 valence electrons. The van der Waals surface area contributed by atoms with Crippen molar-refractivity contribution < 1.29 is 18.9 Å². The number of hydrogen-bond donors (Lipinski definition) is 3. The zero-order valence-electron chi connectivity index (χ0n) is 11.0. The Morgan fingerprint density at radius 2 is 2.05 bits per heavy atom. The first-order chi connectivity index (χ1) is 10.0. The molecule has 0 spiro atoms. The number of nitro benzene ring substituents is 1. The van der Waals surface area contributed by atoms with Gasteiger partial charge in [-0.15, -0.1) is 0 Å². The van der Waals surface area contributed by atoms with Crippen molar-refractivity contribution in [2.24, 2.45) is 0 Å². The number of fused-ring (bicyclic) bond motifs is 1. The van der Waals surface area contributed by atoms with E-state index < -0.39 is 16.9 Å². The third-order valence-corrected chi connectivity index (χ3v) is 2.56. The Bertz CT molecular complexity index is 709. The van der Waals surface area contributed by atoms with Crippen molar-refractivity contribution in [3.8, 4) is 0 Å². The van der Waals surface area contributed by atoms with Crippen LogP contribution in [-0.2, 0) is 0 Å². The van der Waals surface area contributed by atoms with Crippen LogP contribution in [0.3, 0.4) is 0 Å². The molecule has 0 radical (unpaired) electrons. The van der Waals surface area contributed by atoms with Gasteiger partial charge in [-0.1, -0.05) is 0 Å². The Labute approximate surface area is 118 Å². The number of benzene rings is 1. The fourth-order valence-corrected chi connectivity index (χ4v) is 1.64. The maximum absolute atomic E-state index is 11.8. The molecule has 1 aromatic heterocycles. The first kappa shape index (κ1) is 14.3. The Hall–Kier alpha value is -3.10. The van der Waals surface area contributed by atoms with Crippen molar-refractivity contribution in [3.05, 3.63) is 40.1 Å². The van der Waals surface area contributed by atoms with Gasteiger partial charge in [-0.2, -0.15) is 0 Å². The summed E-state index contributed by atoms with van der Waals surface area (Å²) in [5, 5.41) is 13.5. The molecule has 0 fully saturated rings. The molecule has 2 rings (SSSR count). The highest BCUT2D eigenvalue weighted by molar-refractivity contribution is 5.97. The van der Waals surface area contributed by atoms with Crippen LogP contribution in [0.25, 0.3) is 11.0 Å². The number of non-ortho nitro benzene ring substituents is 1. The van der Waals surface area contributed by atoms with Crippen LogP contribution in [0.1, 0.15) is 17.5 Å². The number of hydrogen-bond acceptors (Lipinski definition) is 5. The van der Waals surface area contributed by atoms with Crippen molar-refractivity contribution in [3.63, 3.8) is 0 Å². The fourth-order valence-electron chi connectivity index (χ4n) is 1.64. The minimum Gasteiger partial charge on any atom is -0.451 e. The lowest BCUT2D eigenvalue weighted by atomic mass is 10.2. The predicted molar refractivity (Wildman–Crippen MR) is 72.5 cm³/mol. The molecule has 0 saturated carbocycles. The molecule has 0 atom stereocenters. The van der Waals surface area contributed by atoms with E-state index in [-0.39, 0.29) is 11.4 Å². The van der Waals surface area contributed by atoms with Crippen LogP contribution in [0.4, 0.5) is 10.5 Å². The molecule has 1 heterocycles. The molecule has 3 amide bonds. The molecule has 9 heteroatoms. The molecule has 21 heavy (non-hydrogen) atoms. The number of carbonyl (C=O) groups excluding carboxylic acids is 2. The first-order valence-corrected chi connectivity index (χ1v) is 6.03. The molecule has 0 aliphatic rings. The molecule has 3 N–H and O–H groups in total. The number of rotatable bonds is 3. The van der Waals surface area contributed by atoms with Gasteiger partial charge in [-0.05, 0) is 19.1 Å². The normalized spacial score (nSPS) is 10.1. The SMILES string of the molecule is CCNC(=O)NNC(=O)c1cc2cc([N+](=O)[O-])ccc2o1. The average Bonchev–Trinajstić information content (AvgIpc) is 2.87. The van der Waals surface area contributed by atoms with E-state index in [1.54, 1.807) is 6.92 Å². The number of amides is 3. The van der Waals surface area contributed by atoms with E-state index in [0.717, 1.165) is 0 Å². The van der Waals surface area contributed by atoms with Crippen molar-refractivity contribution in [1.29, 1.82) is 0 Å². The van der Waals surface area contributed by atoms with Crippen LogP contribution in [0.5, 0.6) is 0 Å². The minimum atomic E-state index is -0.667. The zero-order chi connectivity index (χ0) is 15.4. The standard InChI is InChI=1S/C12H12N4O5/c1-2-13-12(18)15-14-11(17)10-6-7-5-8(16(19)20)3-4-9(7)21-10/h3-6H,2H2,1H3,(H,14,17)(H2,13,15,18). The van der Waals surface area contributed by atoms with E-state index >= 15 is 0 Å². The van der Waals surface area contributed by atoms with Gasteiger partial charge in [-0.25, -0.2) is 10.2 Å². The Morgan fingerprint density at radius 3 is 2.71 bits per heavy atom. The Balaban J connectivity index is 2.13. The average molecular weight is 292 g/mol. The minimum absolute atomic E-state index is 0.0673. The van der Waals surface area contributed by atoms with Crippen molar-refractivity contribution in [1.82, 2.24) is 16.2 Å². The summed E-state index contributed by atoms with van der Waals surface area (Å²) in [6, 6.07) is 4.78. The molecule has 0 aliphatic carbocycles. The quantitative estimate of drug-likeness (QED) is 0.580. The van der Waals surface area contributed by atoms with Crippen molar-refractivity contribution >= 4 is 28.6 Å². The van der Waals surface area contributed by atoms with Crippen LogP contribution >= 0.6 is 0 Å². The van der Waals surface area contributed by atoms with Gasteiger partial charge in [0, 0.05) is 24.1 Å². The summed E-state index contributed by atoms with van der Waals surface area (Å²) in [6.07, 6.45) is 0. The van der Waals surface area contributed by atoms with E-state index in [2.05, 4.69) is 16.2 Å². The number of hydrazine groups is 1. The third-order valence-electron chi connectivity index (χ3n) is 2.56. The lowest BCUT2D eigenvalue weighted by Crippen LogP contribution is -2.46. The Kier molecular flexibility index (Phi) is 4.02. The topological polar surface area (TPSA) is 127 Å². The highest BCUT2D eigenvalue weighted by Crippen LogP contribution is 2.24. The van der Waals surface area contributed by atoms with Crippen LogP contribution in [0, 0.1) is 10.1 Å². The first-order valence-electron chi connectivity index (χ1n) is 6.03. The molecular weight excluding hydrogens is 280 g/mol. The lowest BCUT2D eigenvalue weighted by molar-refractivity contribution is -0.384. The largest absolute Gasteiger partial charge is 0.451 e. The molecule has 0 aliphatic heterocycles. The highest BCUT2D eigenvalue weighted by Gasteiger charge is 2.15. The third kappa shape index (κ3) is 3.26. The maximum atomic E-state index is 11.8. The van der Waals surface area contributed by atoms with Gasteiger partial charge in [0.2, 0.25) is 0 Å². The van der Waals surface area contributed by atoms with Crippen molar-refractivity contribution in [2.75, 3.05) is 6.54 Å². The molecule has 2 aromatic rings. The monoisotopic (exact) mass is 292 g/mol. The summed E-state index contributed by atoms with van der Waals surface area (Å²) in [7, 11) is 0. The van der Waals surface area contributed by atoms with E-state index in [4.69, 9.17) is 4.42 Å².